The number of nitrogens with zero attached hydrogens (tertiary/aromatic N) is 2. The first-order chi connectivity index (χ1) is 11.1. The van der Waals surface area contributed by atoms with Crippen molar-refractivity contribution in [3.63, 3.8) is 0 Å². The van der Waals surface area contributed by atoms with Gasteiger partial charge in [0.1, 0.15) is 0 Å². The lowest BCUT2D eigenvalue weighted by Gasteiger charge is -2.33. The second kappa shape index (κ2) is 9.12. The van der Waals surface area contributed by atoms with E-state index in [2.05, 4.69) is 11.8 Å². The Kier molecular flexibility index (Phi) is 7.48. The third-order valence-electron chi connectivity index (χ3n) is 4.38. The number of piperidine rings is 1. The molecule has 128 valence electrons. The van der Waals surface area contributed by atoms with Crippen LogP contribution in [0.2, 0.25) is 10.0 Å². The van der Waals surface area contributed by atoms with Gasteiger partial charge in [-0.25, -0.2) is 0 Å². The molecule has 0 radical (unpaired) electrons. The minimum Gasteiger partial charge on any atom is -0.312 e. The number of amides is 1. The summed E-state index contributed by atoms with van der Waals surface area (Å²) in [6.07, 6.45) is 2.57. The van der Waals surface area contributed by atoms with Crippen LogP contribution in [0.5, 0.6) is 0 Å². The SMILES string of the molecule is CCN1CCC(C(=O)N(CCCCl)c2ccc(Cl)c(Cl)c2)CC1. The Bertz CT molecular complexity index is 531. The van der Waals surface area contributed by atoms with Gasteiger partial charge in [-0.1, -0.05) is 30.1 Å². The highest BCUT2D eigenvalue weighted by Gasteiger charge is 2.28. The minimum absolute atomic E-state index is 0.0718. The van der Waals surface area contributed by atoms with Gasteiger partial charge < -0.3 is 9.80 Å². The zero-order valence-corrected chi connectivity index (χ0v) is 15.7. The molecule has 1 aromatic carbocycles. The molecule has 1 aromatic rings. The zero-order chi connectivity index (χ0) is 16.8. The molecule has 0 saturated carbocycles. The number of halogens is 3. The Labute approximate surface area is 153 Å². The molecule has 0 aromatic heterocycles. The van der Waals surface area contributed by atoms with Gasteiger partial charge in [-0.05, 0) is 57.1 Å². The Morgan fingerprint density at radius 2 is 1.96 bits per heavy atom. The highest BCUT2D eigenvalue weighted by atomic mass is 35.5. The van der Waals surface area contributed by atoms with Crippen molar-refractivity contribution in [2.24, 2.45) is 5.92 Å². The van der Waals surface area contributed by atoms with E-state index in [1.165, 1.54) is 0 Å². The number of benzene rings is 1. The molecule has 1 aliphatic rings. The second-order valence-electron chi connectivity index (χ2n) is 5.84. The van der Waals surface area contributed by atoms with Gasteiger partial charge in [-0.3, -0.25) is 4.79 Å². The van der Waals surface area contributed by atoms with Crippen LogP contribution in [0.15, 0.2) is 18.2 Å². The molecule has 3 nitrogen and oxygen atoms in total. The first-order valence-electron chi connectivity index (χ1n) is 8.11. The van der Waals surface area contributed by atoms with E-state index in [9.17, 15) is 4.79 Å². The third-order valence-corrected chi connectivity index (χ3v) is 5.39. The molecule has 1 aliphatic heterocycles. The highest BCUT2D eigenvalue weighted by Crippen LogP contribution is 2.29. The number of alkyl halides is 1. The van der Waals surface area contributed by atoms with Crippen molar-refractivity contribution in [3.05, 3.63) is 28.2 Å². The maximum atomic E-state index is 13.0. The fourth-order valence-electron chi connectivity index (χ4n) is 2.95. The summed E-state index contributed by atoms with van der Waals surface area (Å²) >= 11 is 17.9. The van der Waals surface area contributed by atoms with E-state index in [1.807, 2.05) is 11.0 Å². The van der Waals surface area contributed by atoms with Crippen molar-refractivity contribution < 1.29 is 4.79 Å². The first kappa shape index (κ1) is 18.9. The summed E-state index contributed by atoms with van der Waals surface area (Å²) in [5, 5.41) is 0.963. The molecule has 0 bridgehead atoms. The summed E-state index contributed by atoms with van der Waals surface area (Å²) in [7, 11) is 0. The van der Waals surface area contributed by atoms with Crippen LogP contribution in [-0.4, -0.2) is 42.9 Å². The largest absolute Gasteiger partial charge is 0.312 e. The van der Waals surface area contributed by atoms with Crippen LogP contribution >= 0.6 is 34.8 Å². The maximum absolute atomic E-state index is 13.0. The average Bonchev–Trinajstić information content (AvgIpc) is 2.58. The fraction of sp³-hybridized carbons (Fsp3) is 0.588. The summed E-state index contributed by atoms with van der Waals surface area (Å²) in [5.74, 6) is 0.770. The number of anilines is 1. The van der Waals surface area contributed by atoms with Gasteiger partial charge in [-0.15, -0.1) is 11.6 Å². The van der Waals surface area contributed by atoms with Crippen molar-refractivity contribution >= 4 is 46.4 Å². The van der Waals surface area contributed by atoms with Crippen LogP contribution in [0.1, 0.15) is 26.2 Å². The Balaban J connectivity index is 2.13. The summed E-state index contributed by atoms with van der Waals surface area (Å²) in [5.41, 5.74) is 0.799. The maximum Gasteiger partial charge on any atom is 0.230 e. The van der Waals surface area contributed by atoms with Gasteiger partial charge in [0.25, 0.3) is 0 Å². The number of hydrogen-bond donors (Lipinski definition) is 0. The molecule has 1 saturated heterocycles. The van der Waals surface area contributed by atoms with Crippen LogP contribution in [0.3, 0.4) is 0 Å². The van der Waals surface area contributed by atoms with Crippen molar-refractivity contribution in [2.75, 3.05) is 37.0 Å². The lowest BCUT2D eigenvalue weighted by atomic mass is 9.95. The van der Waals surface area contributed by atoms with E-state index in [0.29, 0.717) is 22.5 Å². The number of hydrogen-bond acceptors (Lipinski definition) is 2. The van der Waals surface area contributed by atoms with Gasteiger partial charge in [0.2, 0.25) is 5.91 Å². The normalized spacial score (nSPS) is 16.5. The van der Waals surface area contributed by atoms with Gasteiger partial charge in [0.05, 0.1) is 10.0 Å². The van der Waals surface area contributed by atoms with Crippen molar-refractivity contribution in [2.45, 2.75) is 26.2 Å². The van der Waals surface area contributed by atoms with E-state index in [0.717, 1.165) is 44.6 Å². The molecule has 1 amide bonds. The molecule has 0 spiro atoms. The lowest BCUT2D eigenvalue weighted by Crippen LogP contribution is -2.43. The fourth-order valence-corrected chi connectivity index (χ4v) is 3.37. The third kappa shape index (κ3) is 4.99. The Hall–Kier alpha value is -0.480. The number of rotatable bonds is 6. The van der Waals surface area contributed by atoms with E-state index in [-0.39, 0.29) is 11.8 Å². The Morgan fingerprint density at radius 3 is 2.52 bits per heavy atom. The molecule has 2 rings (SSSR count). The minimum atomic E-state index is 0.0718. The Morgan fingerprint density at radius 1 is 1.26 bits per heavy atom. The molecule has 0 aliphatic carbocycles. The monoisotopic (exact) mass is 376 g/mol. The predicted molar refractivity (Wildman–Crippen MR) is 99.0 cm³/mol. The standard InChI is InChI=1S/C17H23Cl3N2O/c1-2-21-10-6-13(7-11-21)17(23)22(9-3-8-18)14-4-5-15(19)16(20)12-14/h4-5,12-13H,2-3,6-11H2,1H3. The summed E-state index contributed by atoms with van der Waals surface area (Å²) < 4.78 is 0. The van der Waals surface area contributed by atoms with E-state index < -0.39 is 0 Å². The molecule has 23 heavy (non-hydrogen) atoms. The summed E-state index contributed by atoms with van der Waals surface area (Å²) in [4.78, 5) is 17.2. The van der Waals surface area contributed by atoms with Crippen LogP contribution in [-0.2, 0) is 4.79 Å². The van der Waals surface area contributed by atoms with Gasteiger partial charge in [0.15, 0.2) is 0 Å². The number of likely N-dealkylation sites (tertiary alicyclic amines) is 1. The zero-order valence-electron chi connectivity index (χ0n) is 13.4. The first-order valence-corrected chi connectivity index (χ1v) is 9.40. The molecule has 1 fully saturated rings. The van der Waals surface area contributed by atoms with Crippen molar-refractivity contribution in [1.29, 1.82) is 0 Å². The van der Waals surface area contributed by atoms with Crippen LogP contribution < -0.4 is 4.90 Å². The van der Waals surface area contributed by atoms with E-state index >= 15 is 0 Å². The lowest BCUT2D eigenvalue weighted by molar-refractivity contribution is -0.123. The van der Waals surface area contributed by atoms with Gasteiger partial charge in [-0.2, -0.15) is 0 Å². The molecule has 1 heterocycles. The second-order valence-corrected chi connectivity index (χ2v) is 7.03. The van der Waals surface area contributed by atoms with Gasteiger partial charge >= 0.3 is 0 Å². The molecular formula is C17H23Cl3N2O. The van der Waals surface area contributed by atoms with Gasteiger partial charge in [0, 0.05) is 24.0 Å². The molecular weight excluding hydrogens is 355 g/mol. The van der Waals surface area contributed by atoms with E-state index in [1.54, 1.807) is 12.1 Å². The van der Waals surface area contributed by atoms with Crippen LogP contribution in [0.4, 0.5) is 5.69 Å². The quantitative estimate of drug-likeness (QED) is 0.672. The smallest absolute Gasteiger partial charge is 0.230 e. The number of carbonyl (C=O) groups is 1. The van der Waals surface area contributed by atoms with Crippen molar-refractivity contribution in [3.8, 4) is 0 Å². The topological polar surface area (TPSA) is 23.6 Å². The molecule has 0 N–H and O–H groups in total. The van der Waals surface area contributed by atoms with Crippen LogP contribution in [0, 0.1) is 5.92 Å². The summed E-state index contributed by atoms with van der Waals surface area (Å²) in [6, 6.07) is 5.35. The summed E-state index contributed by atoms with van der Waals surface area (Å²) in [6.45, 7) is 5.78. The number of carbonyl (C=O) groups excluding carboxylic acids is 1. The van der Waals surface area contributed by atoms with E-state index in [4.69, 9.17) is 34.8 Å². The molecule has 0 unspecified atom stereocenters. The van der Waals surface area contributed by atoms with Crippen molar-refractivity contribution in [1.82, 2.24) is 4.90 Å². The van der Waals surface area contributed by atoms with Crippen LogP contribution in [0.25, 0.3) is 0 Å². The predicted octanol–water partition coefficient (Wildman–Crippen LogP) is 4.69. The molecule has 6 heteroatoms. The highest BCUT2D eigenvalue weighted by molar-refractivity contribution is 6.42. The average molecular weight is 378 g/mol. The molecule has 0 atom stereocenters.